The number of unbranched alkanes of at least 4 members (excludes halogenated alkanes) is 34. The van der Waals surface area contributed by atoms with Crippen LogP contribution < -0.4 is 4.89 Å². The zero-order valence-corrected chi connectivity index (χ0v) is 56.2. The summed E-state index contributed by atoms with van der Waals surface area (Å²) >= 11 is 0. The van der Waals surface area contributed by atoms with Gasteiger partial charge in [-0.25, -0.2) is 0 Å². The third-order valence-corrected chi connectivity index (χ3v) is 16.1. The van der Waals surface area contributed by atoms with Crippen molar-refractivity contribution < 1.29 is 42.1 Å². The van der Waals surface area contributed by atoms with Crippen molar-refractivity contribution in [2.45, 2.75) is 315 Å². The van der Waals surface area contributed by atoms with Crippen LogP contribution in [0.25, 0.3) is 0 Å². The summed E-state index contributed by atoms with van der Waals surface area (Å²) in [6.45, 7) is 4.14. The summed E-state index contributed by atoms with van der Waals surface area (Å²) in [6.07, 6.45) is 89.2. The van der Waals surface area contributed by atoms with Gasteiger partial charge >= 0.3 is 11.9 Å². The maximum absolute atomic E-state index is 12.9. The molecule has 0 saturated carbocycles. The lowest BCUT2D eigenvalue weighted by Gasteiger charge is -2.28. The molecule has 0 aromatic rings. The summed E-state index contributed by atoms with van der Waals surface area (Å²) in [5, 5.41) is 0. The van der Waals surface area contributed by atoms with Gasteiger partial charge in [0.2, 0.25) is 0 Å². The molecule has 0 saturated heterocycles. The Morgan fingerprint density at radius 1 is 0.381 bits per heavy atom. The van der Waals surface area contributed by atoms with Crippen LogP contribution in [-0.4, -0.2) is 70.0 Å². The largest absolute Gasteiger partial charge is 0.756 e. The number of carbonyl (C=O) groups is 2. The Labute approximate surface area is 519 Å². The second-order valence-corrected chi connectivity index (χ2v) is 25.9. The number of nitrogens with zero attached hydrogens (tertiary/aromatic N) is 1. The lowest BCUT2D eigenvalue weighted by atomic mass is 10.0. The predicted octanol–water partition coefficient (Wildman–Crippen LogP) is 22.1. The van der Waals surface area contributed by atoms with Crippen molar-refractivity contribution in [2.75, 3.05) is 47.5 Å². The number of hydrogen-bond acceptors (Lipinski definition) is 8. The van der Waals surface area contributed by atoms with E-state index < -0.39 is 26.5 Å². The van der Waals surface area contributed by atoms with E-state index in [4.69, 9.17) is 18.5 Å². The van der Waals surface area contributed by atoms with E-state index in [0.29, 0.717) is 17.4 Å². The molecule has 0 rings (SSSR count). The van der Waals surface area contributed by atoms with Gasteiger partial charge in [-0.2, -0.15) is 0 Å². The minimum absolute atomic E-state index is 0.0365. The van der Waals surface area contributed by atoms with E-state index in [-0.39, 0.29) is 32.0 Å². The summed E-state index contributed by atoms with van der Waals surface area (Å²) < 4.78 is 34.3. The molecule has 0 aliphatic heterocycles. The van der Waals surface area contributed by atoms with Gasteiger partial charge in [0.1, 0.15) is 19.8 Å². The second-order valence-electron chi connectivity index (χ2n) is 24.5. The van der Waals surface area contributed by atoms with E-state index in [1.54, 1.807) is 0 Å². The highest BCUT2D eigenvalue weighted by Crippen LogP contribution is 2.38. The van der Waals surface area contributed by atoms with Crippen molar-refractivity contribution in [1.82, 2.24) is 0 Å². The lowest BCUT2D eigenvalue weighted by molar-refractivity contribution is -0.870. The van der Waals surface area contributed by atoms with Crippen molar-refractivity contribution in [1.29, 1.82) is 0 Å². The minimum Gasteiger partial charge on any atom is -0.756 e. The fourth-order valence-corrected chi connectivity index (χ4v) is 10.5. The molecule has 0 spiro atoms. The van der Waals surface area contributed by atoms with Gasteiger partial charge in [0.05, 0.1) is 27.7 Å². The molecule has 2 unspecified atom stereocenters. The molecule has 0 heterocycles. The summed E-state index contributed by atoms with van der Waals surface area (Å²) in [6, 6.07) is 0. The predicted molar refractivity (Wildman–Crippen MR) is 360 cm³/mol. The van der Waals surface area contributed by atoms with Gasteiger partial charge in [-0.3, -0.25) is 14.2 Å². The Balaban J connectivity index is 4.08. The van der Waals surface area contributed by atoms with Crippen LogP contribution >= 0.6 is 7.82 Å². The molecule has 486 valence electrons. The molecule has 0 fully saturated rings. The molecule has 0 amide bonds. The molecule has 2 atom stereocenters. The summed E-state index contributed by atoms with van der Waals surface area (Å²) in [5.74, 6) is -0.840. The van der Waals surface area contributed by atoms with E-state index >= 15 is 0 Å². The van der Waals surface area contributed by atoms with Gasteiger partial charge < -0.3 is 27.9 Å². The minimum atomic E-state index is -4.65. The molecule has 0 N–H and O–H groups in total. The van der Waals surface area contributed by atoms with Crippen molar-refractivity contribution >= 4 is 19.8 Å². The number of esters is 2. The number of ether oxygens (including phenoxy) is 2. The standard InChI is InChI=1S/C74H132NO8P/c1-6-8-10-12-14-16-18-20-22-24-26-28-30-32-34-36-37-39-40-42-44-46-48-50-52-54-56-58-60-62-64-66-73(76)80-70-72(71-82-84(78,79)81-69-68-75(3,4)5)83-74(77)67-65-63-61-59-57-55-53-51-49-47-45-43-41-38-35-33-31-29-27-25-23-21-19-17-15-13-11-9-7-2/h9,11,15,17,21,23-24,26-27,29,33,35,41,43,47,49,72H,6-8,10,12-14,16,18-20,22,25,28,30-32,34,36-40,42,44-46,48,50-71H2,1-5H3/b11-9-,17-15-,23-21-,26-24-,29-27-,35-33-,43-41-,49-47-. The average Bonchev–Trinajstić information content (AvgIpc) is 3.61. The quantitative estimate of drug-likeness (QED) is 0.0195. The molecule has 0 aliphatic rings. The third kappa shape index (κ3) is 68.0. The summed E-state index contributed by atoms with van der Waals surface area (Å²) in [5.41, 5.74) is 0. The number of phosphoric acid groups is 1. The molecule has 0 radical (unpaired) electrons. The number of allylic oxidation sites excluding steroid dienone is 16. The van der Waals surface area contributed by atoms with E-state index in [2.05, 4.69) is 111 Å². The fraction of sp³-hybridized carbons (Fsp3) is 0.757. The number of rotatable bonds is 64. The van der Waals surface area contributed by atoms with Gasteiger partial charge in [0.15, 0.2) is 6.10 Å². The molecule has 0 bridgehead atoms. The first-order valence-corrected chi connectivity index (χ1v) is 36.4. The Morgan fingerprint density at radius 3 is 1.02 bits per heavy atom. The first-order valence-electron chi connectivity index (χ1n) is 34.9. The van der Waals surface area contributed by atoms with Crippen molar-refractivity contribution in [3.8, 4) is 0 Å². The molecule has 9 nitrogen and oxygen atoms in total. The van der Waals surface area contributed by atoms with Crippen LogP contribution in [0.3, 0.4) is 0 Å². The molecular formula is C74H132NO8P. The summed E-state index contributed by atoms with van der Waals surface area (Å²) in [7, 11) is 1.16. The first kappa shape index (κ1) is 80.9. The molecular weight excluding hydrogens is 1060 g/mol. The average molecular weight is 1190 g/mol. The van der Waals surface area contributed by atoms with Gasteiger partial charge in [0.25, 0.3) is 7.82 Å². The fourth-order valence-electron chi connectivity index (χ4n) is 9.75. The van der Waals surface area contributed by atoms with Crippen LogP contribution in [0.2, 0.25) is 0 Å². The monoisotopic (exact) mass is 1190 g/mol. The second kappa shape index (κ2) is 64.4. The molecule has 0 aromatic carbocycles. The van der Waals surface area contributed by atoms with Gasteiger partial charge in [-0.05, 0) is 96.3 Å². The van der Waals surface area contributed by atoms with Gasteiger partial charge in [-0.1, -0.05) is 297 Å². The highest BCUT2D eigenvalue weighted by Gasteiger charge is 2.22. The van der Waals surface area contributed by atoms with Gasteiger partial charge in [-0.15, -0.1) is 0 Å². The van der Waals surface area contributed by atoms with Crippen molar-refractivity contribution in [3.05, 3.63) is 97.2 Å². The zero-order valence-electron chi connectivity index (χ0n) is 55.3. The van der Waals surface area contributed by atoms with Crippen molar-refractivity contribution in [3.63, 3.8) is 0 Å². The van der Waals surface area contributed by atoms with Gasteiger partial charge in [0, 0.05) is 12.8 Å². The van der Waals surface area contributed by atoms with E-state index in [9.17, 15) is 19.0 Å². The van der Waals surface area contributed by atoms with Crippen LogP contribution in [0.15, 0.2) is 97.2 Å². The number of likely N-dealkylation sites (N-methyl/N-ethyl adjacent to an activating group) is 1. The van der Waals surface area contributed by atoms with Crippen LogP contribution in [0, 0.1) is 0 Å². The third-order valence-electron chi connectivity index (χ3n) is 15.1. The molecule has 0 aromatic heterocycles. The normalized spacial score (nSPS) is 13.7. The molecule has 84 heavy (non-hydrogen) atoms. The molecule has 10 heteroatoms. The zero-order chi connectivity index (χ0) is 61.2. The number of hydrogen-bond donors (Lipinski definition) is 0. The van der Waals surface area contributed by atoms with E-state index in [1.165, 1.54) is 186 Å². The van der Waals surface area contributed by atoms with Crippen LogP contribution in [0.4, 0.5) is 0 Å². The maximum atomic E-state index is 12.9. The smallest absolute Gasteiger partial charge is 0.306 e. The van der Waals surface area contributed by atoms with Crippen LogP contribution in [0.5, 0.6) is 0 Å². The Bertz CT molecular complexity index is 1740. The Morgan fingerprint density at radius 2 is 0.679 bits per heavy atom. The van der Waals surface area contributed by atoms with Crippen molar-refractivity contribution in [2.24, 2.45) is 0 Å². The number of carbonyl (C=O) groups excluding carboxylic acids is 2. The van der Waals surface area contributed by atoms with E-state index in [0.717, 1.165) is 89.9 Å². The summed E-state index contributed by atoms with van der Waals surface area (Å²) in [4.78, 5) is 38.1. The highest BCUT2D eigenvalue weighted by molar-refractivity contribution is 7.45. The number of phosphoric ester groups is 1. The first-order chi connectivity index (χ1) is 41.0. The maximum Gasteiger partial charge on any atom is 0.306 e. The lowest BCUT2D eigenvalue weighted by Crippen LogP contribution is -2.37. The van der Waals surface area contributed by atoms with E-state index in [1.807, 2.05) is 21.1 Å². The van der Waals surface area contributed by atoms with Crippen LogP contribution in [-0.2, 0) is 32.7 Å². The SMILES string of the molecule is CC/C=C\C/C=C\C/C=C\C/C=C\C/C=C\C/C=C\C/C=C\CCCCCCCCCC(=O)OC(COC(=O)CCCCCCCCCCCCCCCCCCCCC/C=C\CCCCCCCCCC)COP(=O)([O-])OCC[N+](C)(C)C. The highest BCUT2D eigenvalue weighted by atomic mass is 31.2. The molecule has 0 aliphatic carbocycles. The topological polar surface area (TPSA) is 111 Å². The Kier molecular flexibility index (Phi) is 62.1. The Hall–Kier alpha value is -3.07. The number of quaternary nitrogens is 1. The van der Waals surface area contributed by atoms with Crippen LogP contribution in [0.1, 0.15) is 309 Å².